The molecule has 7 nitrogen and oxygen atoms in total. The maximum atomic E-state index is 12.0. The SMILES string of the molecule is CCc1sc2ncnc(Nc3ccc(C(=O)NCC(=O)O)cc3)c2c1-c1ccc(Br)cc1. The lowest BCUT2D eigenvalue weighted by molar-refractivity contribution is -0.135. The van der Waals surface area contributed by atoms with E-state index in [1.807, 2.05) is 12.1 Å². The number of nitrogens with one attached hydrogen (secondary N) is 2. The maximum absolute atomic E-state index is 12.0. The monoisotopic (exact) mass is 510 g/mol. The van der Waals surface area contributed by atoms with Gasteiger partial charge >= 0.3 is 5.97 Å². The van der Waals surface area contributed by atoms with E-state index in [1.54, 1.807) is 41.9 Å². The summed E-state index contributed by atoms with van der Waals surface area (Å²) in [7, 11) is 0. The summed E-state index contributed by atoms with van der Waals surface area (Å²) in [5.74, 6) is -0.841. The summed E-state index contributed by atoms with van der Waals surface area (Å²) in [6.07, 6.45) is 2.42. The first-order valence-corrected chi connectivity index (χ1v) is 11.5. The first kappa shape index (κ1) is 21.9. The van der Waals surface area contributed by atoms with Crippen LogP contribution in [-0.2, 0) is 11.2 Å². The van der Waals surface area contributed by atoms with Crippen molar-refractivity contribution in [3.05, 3.63) is 69.8 Å². The van der Waals surface area contributed by atoms with E-state index < -0.39 is 18.4 Å². The number of amides is 1. The molecule has 1 amide bonds. The van der Waals surface area contributed by atoms with E-state index in [2.05, 4.69) is 55.6 Å². The van der Waals surface area contributed by atoms with E-state index in [1.165, 1.54) is 4.88 Å². The molecule has 0 unspecified atom stereocenters. The molecule has 2 aromatic heterocycles. The second-order valence-corrected chi connectivity index (χ2v) is 8.94. The number of hydrogen-bond acceptors (Lipinski definition) is 6. The third-order valence-corrected chi connectivity index (χ3v) is 6.60. The highest BCUT2D eigenvalue weighted by molar-refractivity contribution is 9.10. The van der Waals surface area contributed by atoms with Gasteiger partial charge in [0.25, 0.3) is 5.91 Å². The van der Waals surface area contributed by atoms with Crippen molar-refractivity contribution < 1.29 is 14.7 Å². The van der Waals surface area contributed by atoms with Crippen molar-refractivity contribution >= 4 is 60.9 Å². The van der Waals surface area contributed by atoms with Crippen LogP contribution in [0.15, 0.2) is 59.3 Å². The molecule has 0 saturated heterocycles. The molecule has 3 N–H and O–H groups in total. The Morgan fingerprint density at radius 2 is 1.78 bits per heavy atom. The zero-order chi connectivity index (χ0) is 22.7. The van der Waals surface area contributed by atoms with E-state index in [-0.39, 0.29) is 0 Å². The summed E-state index contributed by atoms with van der Waals surface area (Å²) < 4.78 is 1.01. The van der Waals surface area contributed by atoms with Crippen LogP contribution >= 0.6 is 27.3 Å². The molecule has 0 radical (unpaired) electrons. The fraction of sp³-hybridized carbons (Fsp3) is 0.130. The maximum Gasteiger partial charge on any atom is 0.322 e. The molecule has 4 rings (SSSR count). The van der Waals surface area contributed by atoms with Crippen molar-refractivity contribution in [2.75, 3.05) is 11.9 Å². The fourth-order valence-electron chi connectivity index (χ4n) is 3.34. The van der Waals surface area contributed by atoms with Crippen molar-refractivity contribution in [3.63, 3.8) is 0 Å². The number of carbonyl (C=O) groups excluding carboxylic acids is 1. The van der Waals surface area contributed by atoms with E-state index in [9.17, 15) is 9.59 Å². The van der Waals surface area contributed by atoms with E-state index in [4.69, 9.17) is 5.11 Å². The Bertz CT molecular complexity index is 1290. The van der Waals surface area contributed by atoms with Crippen molar-refractivity contribution in [1.82, 2.24) is 15.3 Å². The number of benzene rings is 2. The Kier molecular flexibility index (Phi) is 6.48. The quantitative estimate of drug-likeness (QED) is 0.314. The highest BCUT2D eigenvalue weighted by Crippen LogP contribution is 2.42. The van der Waals surface area contributed by atoms with Gasteiger partial charge in [-0.15, -0.1) is 11.3 Å². The zero-order valence-electron chi connectivity index (χ0n) is 17.1. The number of carbonyl (C=O) groups is 2. The van der Waals surface area contributed by atoms with Crippen LogP contribution in [0.4, 0.5) is 11.5 Å². The van der Waals surface area contributed by atoms with Crippen molar-refractivity contribution in [1.29, 1.82) is 0 Å². The van der Waals surface area contributed by atoms with Crippen molar-refractivity contribution in [2.24, 2.45) is 0 Å². The molecule has 0 aliphatic rings. The molecule has 2 aromatic carbocycles. The Balaban J connectivity index is 1.68. The van der Waals surface area contributed by atoms with Crippen LogP contribution in [0, 0.1) is 0 Å². The highest BCUT2D eigenvalue weighted by atomic mass is 79.9. The minimum atomic E-state index is -1.09. The lowest BCUT2D eigenvalue weighted by Crippen LogP contribution is -2.29. The molecule has 0 fully saturated rings. The van der Waals surface area contributed by atoms with E-state index in [0.717, 1.165) is 37.9 Å². The van der Waals surface area contributed by atoms with Crippen LogP contribution in [0.5, 0.6) is 0 Å². The number of anilines is 2. The minimum absolute atomic E-state index is 0.379. The summed E-state index contributed by atoms with van der Waals surface area (Å²) in [6.45, 7) is 1.70. The molecule has 9 heteroatoms. The van der Waals surface area contributed by atoms with Crippen LogP contribution in [0.2, 0.25) is 0 Å². The molecule has 162 valence electrons. The van der Waals surface area contributed by atoms with Gasteiger partial charge in [-0.2, -0.15) is 0 Å². The number of aliphatic carboxylic acids is 1. The summed E-state index contributed by atoms with van der Waals surface area (Å²) in [5, 5.41) is 15.4. The molecular formula is C23H19BrN4O3S. The summed E-state index contributed by atoms with van der Waals surface area (Å²) in [6, 6.07) is 15.0. The normalized spacial score (nSPS) is 10.8. The first-order valence-electron chi connectivity index (χ1n) is 9.85. The fourth-order valence-corrected chi connectivity index (χ4v) is 4.71. The molecule has 4 aromatic rings. The third-order valence-electron chi connectivity index (χ3n) is 4.83. The van der Waals surface area contributed by atoms with Gasteiger partial charge in [0.1, 0.15) is 23.5 Å². The third kappa shape index (κ3) is 4.63. The minimum Gasteiger partial charge on any atom is -0.480 e. The number of carboxylic acid groups (broad SMARTS) is 1. The molecule has 0 atom stereocenters. The van der Waals surface area contributed by atoms with Gasteiger partial charge in [0.15, 0.2) is 0 Å². The van der Waals surface area contributed by atoms with Gasteiger partial charge in [-0.1, -0.05) is 35.0 Å². The Morgan fingerprint density at radius 3 is 2.44 bits per heavy atom. The standard InChI is InChI=1S/C23H19BrN4O3S/c1-2-17-19(13-3-7-15(24)8-4-13)20-21(26-12-27-23(20)32-17)28-16-9-5-14(6-10-16)22(31)25-11-18(29)30/h3-10,12H,2,11H2,1H3,(H,25,31)(H,29,30)(H,26,27,28). The summed E-state index contributed by atoms with van der Waals surface area (Å²) >= 11 is 5.15. The van der Waals surface area contributed by atoms with Gasteiger partial charge < -0.3 is 15.7 Å². The van der Waals surface area contributed by atoms with Gasteiger partial charge in [0.2, 0.25) is 0 Å². The van der Waals surface area contributed by atoms with Gasteiger partial charge in [-0.25, -0.2) is 9.97 Å². The lowest BCUT2D eigenvalue weighted by Gasteiger charge is -2.10. The number of nitrogens with zero attached hydrogens (tertiary/aromatic N) is 2. The van der Waals surface area contributed by atoms with Crippen LogP contribution in [0.3, 0.4) is 0 Å². The van der Waals surface area contributed by atoms with Gasteiger partial charge in [0, 0.05) is 26.2 Å². The molecule has 0 saturated carbocycles. The van der Waals surface area contributed by atoms with Gasteiger partial charge in [-0.05, 0) is 48.4 Å². The number of aryl methyl sites for hydroxylation is 1. The number of rotatable bonds is 7. The molecule has 0 aliphatic carbocycles. The van der Waals surface area contributed by atoms with Crippen LogP contribution in [-0.4, -0.2) is 33.5 Å². The number of hydrogen-bond donors (Lipinski definition) is 3. The molecule has 2 heterocycles. The smallest absolute Gasteiger partial charge is 0.322 e. The summed E-state index contributed by atoms with van der Waals surface area (Å²) in [5.41, 5.74) is 3.35. The molecule has 0 aliphatic heterocycles. The lowest BCUT2D eigenvalue weighted by atomic mass is 10.0. The second kappa shape index (κ2) is 9.46. The molecule has 0 spiro atoms. The predicted molar refractivity (Wildman–Crippen MR) is 130 cm³/mol. The molecule has 0 bridgehead atoms. The van der Waals surface area contributed by atoms with Gasteiger partial charge in [0.05, 0.1) is 5.39 Å². The molecular weight excluding hydrogens is 492 g/mol. The number of thiophene rings is 1. The Morgan fingerprint density at radius 1 is 1.06 bits per heavy atom. The van der Waals surface area contributed by atoms with Crippen LogP contribution < -0.4 is 10.6 Å². The van der Waals surface area contributed by atoms with Crippen molar-refractivity contribution in [2.45, 2.75) is 13.3 Å². The number of aromatic nitrogens is 2. The predicted octanol–water partition coefficient (Wildman–Crippen LogP) is 5.24. The Hall–Kier alpha value is -3.30. The highest BCUT2D eigenvalue weighted by Gasteiger charge is 2.18. The number of carboxylic acids is 1. The van der Waals surface area contributed by atoms with Gasteiger partial charge in [-0.3, -0.25) is 9.59 Å². The Labute approximate surface area is 196 Å². The largest absolute Gasteiger partial charge is 0.480 e. The number of halogens is 1. The van der Waals surface area contributed by atoms with Crippen LogP contribution in [0.25, 0.3) is 21.3 Å². The van der Waals surface area contributed by atoms with E-state index in [0.29, 0.717) is 11.4 Å². The second-order valence-electron chi connectivity index (χ2n) is 6.94. The number of fused-ring (bicyclic) bond motifs is 1. The summed E-state index contributed by atoms with van der Waals surface area (Å²) in [4.78, 5) is 33.8. The van der Waals surface area contributed by atoms with E-state index >= 15 is 0 Å². The first-order chi connectivity index (χ1) is 15.5. The van der Waals surface area contributed by atoms with Crippen LogP contribution in [0.1, 0.15) is 22.2 Å². The average molecular weight is 511 g/mol. The average Bonchev–Trinajstić information content (AvgIpc) is 3.18. The van der Waals surface area contributed by atoms with Crippen molar-refractivity contribution in [3.8, 4) is 11.1 Å². The topological polar surface area (TPSA) is 104 Å². The molecule has 32 heavy (non-hydrogen) atoms. The zero-order valence-corrected chi connectivity index (χ0v) is 19.5.